The van der Waals surface area contributed by atoms with Crippen molar-refractivity contribution < 1.29 is 28.6 Å². The Morgan fingerprint density at radius 3 is 2.65 bits per heavy atom. The van der Waals surface area contributed by atoms with Gasteiger partial charge in [0.1, 0.15) is 13.2 Å². The van der Waals surface area contributed by atoms with Gasteiger partial charge in [0.2, 0.25) is 5.91 Å². The highest BCUT2D eigenvalue weighted by Crippen LogP contribution is 2.37. The Morgan fingerprint density at radius 2 is 1.97 bits per heavy atom. The van der Waals surface area contributed by atoms with E-state index in [1.807, 2.05) is 12.1 Å². The van der Waals surface area contributed by atoms with E-state index in [0.29, 0.717) is 36.0 Å². The predicted molar refractivity (Wildman–Crippen MR) is 151 cm³/mol. The number of methoxy groups -OCH3 is 1. The van der Waals surface area contributed by atoms with Crippen LogP contribution in [0.4, 0.5) is 16.2 Å². The van der Waals surface area contributed by atoms with Crippen molar-refractivity contribution in [1.29, 1.82) is 0 Å². The lowest BCUT2D eigenvalue weighted by atomic mass is 10.2. The molecule has 2 aliphatic heterocycles. The Labute approximate surface area is 232 Å². The van der Waals surface area contributed by atoms with Crippen molar-refractivity contribution in [3.05, 3.63) is 50.4 Å². The van der Waals surface area contributed by atoms with Crippen molar-refractivity contribution in [2.45, 2.75) is 0 Å². The molecule has 192 valence electrons. The number of thioether (sulfide) groups is 1. The van der Waals surface area contributed by atoms with Crippen LogP contribution in [-0.4, -0.2) is 68.5 Å². The van der Waals surface area contributed by atoms with E-state index in [1.165, 1.54) is 7.11 Å². The number of hydrogen-bond donors (Lipinski definition) is 1. The van der Waals surface area contributed by atoms with Crippen molar-refractivity contribution >= 4 is 68.9 Å². The van der Waals surface area contributed by atoms with Gasteiger partial charge in [0.25, 0.3) is 11.1 Å². The molecule has 4 rings (SSSR count). The molecule has 0 unspecified atom stereocenters. The lowest BCUT2D eigenvalue weighted by molar-refractivity contribution is -0.127. The van der Waals surface area contributed by atoms with E-state index in [0.717, 1.165) is 39.0 Å². The van der Waals surface area contributed by atoms with Crippen molar-refractivity contribution in [1.82, 2.24) is 4.90 Å². The number of anilines is 2. The first kappa shape index (κ1) is 26.8. The standard InChI is InChI=1S/C26H24IN3O6S/c1-3-10-36-24-20(27)13-17(14-21(24)34-2)15-22-25(32)30(26(33)37-22)16-23(31)28-18-4-6-19(7-5-18)29-8-11-35-12-9-29/h1,4-7,13-15H,8-12,16H2,2H3,(H,28,31)/b22-15+. The summed E-state index contributed by atoms with van der Waals surface area (Å²) in [6.45, 7) is 2.70. The third-order valence-electron chi connectivity index (χ3n) is 5.55. The molecule has 9 nitrogen and oxygen atoms in total. The molecule has 0 aliphatic carbocycles. The fourth-order valence-corrected chi connectivity index (χ4v) is 5.41. The van der Waals surface area contributed by atoms with Crippen molar-refractivity contribution in [2.24, 2.45) is 0 Å². The molecule has 0 saturated carbocycles. The van der Waals surface area contributed by atoms with Crippen molar-refractivity contribution in [2.75, 3.05) is 56.8 Å². The van der Waals surface area contributed by atoms with E-state index in [2.05, 4.69) is 38.7 Å². The third-order valence-corrected chi connectivity index (χ3v) is 7.26. The molecule has 2 aromatic carbocycles. The number of hydrogen-bond acceptors (Lipinski definition) is 8. The van der Waals surface area contributed by atoms with Crippen LogP contribution in [0.5, 0.6) is 11.5 Å². The van der Waals surface area contributed by atoms with Gasteiger partial charge in [-0.1, -0.05) is 5.92 Å². The first-order chi connectivity index (χ1) is 17.9. The maximum absolute atomic E-state index is 12.9. The van der Waals surface area contributed by atoms with Gasteiger partial charge in [-0.05, 0) is 82.4 Å². The Kier molecular flexibility index (Phi) is 8.96. The zero-order chi connectivity index (χ0) is 26.4. The number of carbonyl (C=O) groups is 3. The topological polar surface area (TPSA) is 97.4 Å². The molecule has 37 heavy (non-hydrogen) atoms. The SMILES string of the molecule is C#CCOc1c(I)cc(/C=C2/SC(=O)N(CC(=O)Nc3ccc(N4CCOCC4)cc3)C2=O)cc1OC. The molecule has 3 amide bonds. The summed E-state index contributed by atoms with van der Waals surface area (Å²) < 4.78 is 17.0. The Morgan fingerprint density at radius 1 is 1.24 bits per heavy atom. The van der Waals surface area contributed by atoms with Crippen LogP contribution in [0.25, 0.3) is 6.08 Å². The molecule has 0 aromatic heterocycles. The van der Waals surface area contributed by atoms with E-state index in [-0.39, 0.29) is 18.1 Å². The van der Waals surface area contributed by atoms with Crippen LogP contribution in [-0.2, 0) is 14.3 Å². The molecular weight excluding hydrogens is 609 g/mol. The third kappa shape index (κ3) is 6.57. The van der Waals surface area contributed by atoms with E-state index in [1.54, 1.807) is 30.3 Å². The number of benzene rings is 2. The summed E-state index contributed by atoms with van der Waals surface area (Å²) in [5.41, 5.74) is 2.27. The number of terminal acetylenes is 1. The number of ether oxygens (including phenoxy) is 3. The zero-order valence-electron chi connectivity index (χ0n) is 20.0. The molecule has 2 fully saturated rings. The molecule has 1 N–H and O–H groups in total. The van der Waals surface area contributed by atoms with Crippen LogP contribution in [0.15, 0.2) is 41.3 Å². The summed E-state index contributed by atoms with van der Waals surface area (Å²) in [6.07, 6.45) is 6.86. The average molecular weight is 633 g/mol. The van der Waals surface area contributed by atoms with Gasteiger partial charge < -0.3 is 24.4 Å². The minimum atomic E-state index is -0.533. The van der Waals surface area contributed by atoms with Crippen molar-refractivity contribution in [3.8, 4) is 23.8 Å². The number of nitrogens with zero attached hydrogens (tertiary/aromatic N) is 2. The average Bonchev–Trinajstić information content (AvgIpc) is 3.15. The highest BCUT2D eigenvalue weighted by molar-refractivity contribution is 14.1. The summed E-state index contributed by atoms with van der Waals surface area (Å²) >= 11 is 2.86. The van der Waals surface area contributed by atoms with E-state index >= 15 is 0 Å². The largest absolute Gasteiger partial charge is 0.493 e. The molecule has 11 heteroatoms. The fraction of sp³-hybridized carbons (Fsp3) is 0.269. The van der Waals surface area contributed by atoms with E-state index in [9.17, 15) is 14.4 Å². The first-order valence-electron chi connectivity index (χ1n) is 11.3. The Hall–Kier alpha value is -3.21. The van der Waals surface area contributed by atoms with Crippen LogP contribution in [0.3, 0.4) is 0 Å². The summed E-state index contributed by atoms with van der Waals surface area (Å²) in [5, 5.41) is 2.24. The molecule has 2 heterocycles. The summed E-state index contributed by atoms with van der Waals surface area (Å²) in [5.74, 6) is 2.36. The second-order valence-electron chi connectivity index (χ2n) is 7.99. The molecule has 0 bridgehead atoms. The smallest absolute Gasteiger partial charge is 0.294 e. The van der Waals surface area contributed by atoms with Crippen molar-refractivity contribution in [3.63, 3.8) is 0 Å². The minimum absolute atomic E-state index is 0.0880. The van der Waals surface area contributed by atoms with Crippen LogP contribution >= 0.6 is 34.4 Å². The maximum atomic E-state index is 12.9. The first-order valence-corrected chi connectivity index (χ1v) is 13.2. The Balaban J connectivity index is 1.40. The zero-order valence-corrected chi connectivity index (χ0v) is 23.0. The number of morpholine rings is 1. The normalized spacial score (nSPS) is 16.6. The summed E-state index contributed by atoms with van der Waals surface area (Å²) in [7, 11) is 1.50. The number of imide groups is 1. The van der Waals surface area contributed by atoms with E-state index in [4.69, 9.17) is 20.6 Å². The number of rotatable bonds is 8. The predicted octanol–water partition coefficient (Wildman–Crippen LogP) is 3.82. The molecule has 2 saturated heterocycles. The highest BCUT2D eigenvalue weighted by atomic mass is 127. The van der Waals surface area contributed by atoms with E-state index < -0.39 is 17.1 Å². The maximum Gasteiger partial charge on any atom is 0.294 e. The van der Waals surface area contributed by atoms with Crippen LogP contribution < -0.4 is 19.7 Å². The fourth-order valence-electron chi connectivity index (χ4n) is 3.79. The molecule has 2 aromatic rings. The summed E-state index contributed by atoms with van der Waals surface area (Å²) in [4.78, 5) is 41.4. The van der Waals surface area contributed by atoms with Crippen LogP contribution in [0, 0.1) is 15.9 Å². The summed E-state index contributed by atoms with van der Waals surface area (Å²) in [6, 6.07) is 10.9. The van der Waals surface area contributed by atoms with Gasteiger partial charge in [0, 0.05) is 24.5 Å². The molecule has 0 spiro atoms. The Bertz CT molecular complexity index is 1270. The number of carbonyl (C=O) groups excluding carboxylic acids is 3. The van der Waals surface area contributed by atoms with Crippen LogP contribution in [0.1, 0.15) is 5.56 Å². The minimum Gasteiger partial charge on any atom is -0.493 e. The van der Waals surface area contributed by atoms with Gasteiger partial charge in [-0.2, -0.15) is 0 Å². The monoisotopic (exact) mass is 633 g/mol. The lowest BCUT2D eigenvalue weighted by Gasteiger charge is -2.28. The number of amides is 3. The van der Waals surface area contributed by atoms with Gasteiger partial charge >= 0.3 is 0 Å². The van der Waals surface area contributed by atoms with Gasteiger partial charge in [0.05, 0.1) is 28.8 Å². The molecule has 0 radical (unpaired) electrons. The van der Waals surface area contributed by atoms with Gasteiger partial charge in [-0.3, -0.25) is 19.3 Å². The lowest BCUT2D eigenvalue weighted by Crippen LogP contribution is -2.36. The quantitative estimate of drug-likeness (QED) is 0.267. The number of halogens is 1. The van der Waals surface area contributed by atoms with Crippen LogP contribution in [0.2, 0.25) is 0 Å². The molecule has 0 atom stereocenters. The van der Waals surface area contributed by atoms with Gasteiger partial charge in [-0.15, -0.1) is 6.42 Å². The molecular formula is C26H24IN3O6S. The highest BCUT2D eigenvalue weighted by Gasteiger charge is 2.36. The second-order valence-corrected chi connectivity index (χ2v) is 10.1. The second kappa shape index (κ2) is 12.4. The van der Waals surface area contributed by atoms with Gasteiger partial charge in [-0.25, -0.2) is 0 Å². The molecule has 2 aliphatic rings. The number of nitrogens with one attached hydrogen (secondary N) is 1. The van der Waals surface area contributed by atoms with Gasteiger partial charge in [0.15, 0.2) is 11.5 Å².